The number of nitrogens with zero attached hydrogens (tertiary/aromatic N) is 3. The monoisotopic (exact) mass is 356 g/mol. The smallest absolute Gasteiger partial charge is 0.242 e. The van der Waals surface area contributed by atoms with Crippen molar-refractivity contribution in [2.45, 2.75) is 37.6 Å². The standard InChI is InChI=1S/C16H22Cl2N4O/c17-12-10-13(18)14(20-11-12)21-6-8-22(9-7-21)15(23)16(19)4-2-1-3-5-16/h10-11H,1-9,19H2. The van der Waals surface area contributed by atoms with Crippen molar-refractivity contribution in [3.05, 3.63) is 22.3 Å². The van der Waals surface area contributed by atoms with Crippen molar-refractivity contribution in [3.8, 4) is 0 Å². The lowest BCUT2D eigenvalue weighted by molar-refractivity contribution is -0.138. The maximum Gasteiger partial charge on any atom is 0.242 e. The summed E-state index contributed by atoms with van der Waals surface area (Å²) in [5, 5.41) is 1.06. The van der Waals surface area contributed by atoms with Crippen molar-refractivity contribution in [3.63, 3.8) is 0 Å². The minimum absolute atomic E-state index is 0.104. The molecule has 2 N–H and O–H groups in total. The van der Waals surface area contributed by atoms with E-state index in [-0.39, 0.29) is 5.91 Å². The minimum Gasteiger partial charge on any atom is -0.352 e. The fourth-order valence-electron chi connectivity index (χ4n) is 3.47. The van der Waals surface area contributed by atoms with Crippen molar-refractivity contribution in [1.82, 2.24) is 9.88 Å². The summed E-state index contributed by atoms with van der Waals surface area (Å²) in [6.45, 7) is 2.71. The number of halogens is 2. The molecule has 0 unspecified atom stereocenters. The lowest BCUT2D eigenvalue weighted by Crippen LogP contribution is -2.60. The number of carbonyl (C=O) groups is 1. The predicted molar refractivity (Wildman–Crippen MR) is 93.1 cm³/mol. The molecule has 2 aliphatic rings. The molecule has 1 aromatic rings. The highest BCUT2D eigenvalue weighted by molar-refractivity contribution is 6.36. The molecule has 5 nitrogen and oxygen atoms in total. The number of aromatic nitrogens is 1. The molecule has 1 saturated carbocycles. The molecule has 1 aromatic heterocycles. The van der Waals surface area contributed by atoms with Crippen molar-refractivity contribution in [2.75, 3.05) is 31.1 Å². The summed E-state index contributed by atoms with van der Waals surface area (Å²) in [6.07, 6.45) is 6.48. The molecule has 1 amide bonds. The van der Waals surface area contributed by atoms with Crippen LogP contribution in [-0.4, -0.2) is 47.5 Å². The van der Waals surface area contributed by atoms with Gasteiger partial charge in [-0.2, -0.15) is 0 Å². The zero-order chi connectivity index (χ0) is 16.4. The van der Waals surface area contributed by atoms with Gasteiger partial charge >= 0.3 is 0 Å². The number of carbonyl (C=O) groups excluding carboxylic acids is 1. The molecular weight excluding hydrogens is 335 g/mol. The van der Waals surface area contributed by atoms with Crippen LogP contribution in [0.2, 0.25) is 10.0 Å². The molecular formula is C16H22Cl2N4O. The van der Waals surface area contributed by atoms with E-state index in [1.165, 1.54) is 6.42 Å². The van der Waals surface area contributed by atoms with E-state index < -0.39 is 5.54 Å². The lowest BCUT2D eigenvalue weighted by atomic mass is 9.81. The third kappa shape index (κ3) is 3.57. The van der Waals surface area contributed by atoms with Crippen LogP contribution in [-0.2, 0) is 4.79 Å². The first-order valence-electron chi connectivity index (χ1n) is 8.14. The first kappa shape index (κ1) is 16.8. The van der Waals surface area contributed by atoms with Gasteiger partial charge in [0.1, 0.15) is 5.82 Å². The number of amides is 1. The molecule has 0 spiro atoms. The second-order valence-electron chi connectivity index (χ2n) is 6.46. The number of rotatable bonds is 2. The average molecular weight is 357 g/mol. The largest absolute Gasteiger partial charge is 0.352 e. The first-order valence-corrected chi connectivity index (χ1v) is 8.89. The number of hydrogen-bond acceptors (Lipinski definition) is 4. The Balaban J connectivity index is 1.63. The van der Waals surface area contributed by atoms with Gasteiger partial charge in [-0.25, -0.2) is 4.98 Å². The Morgan fingerprint density at radius 3 is 2.39 bits per heavy atom. The molecule has 1 aliphatic carbocycles. The molecule has 1 aliphatic heterocycles. The van der Waals surface area contributed by atoms with Gasteiger partial charge in [0, 0.05) is 32.4 Å². The van der Waals surface area contributed by atoms with E-state index in [4.69, 9.17) is 28.9 Å². The van der Waals surface area contributed by atoms with Crippen molar-refractivity contribution < 1.29 is 4.79 Å². The van der Waals surface area contributed by atoms with E-state index >= 15 is 0 Å². The van der Waals surface area contributed by atoms with Gasteiger partial charge in [-0.05, 0) is 18.9 Å². The Labute approximate surface area is 146 Å². The molecule has 0 bridgehead atoms. The maximum atomic E-state index is 12.8. The summed E-state index contributed by atoms with van der Waals surface area (Å²) in [4.78, 5) is 21.0. The molecule has 2 heterocycles. The van der Waals surface area contributed by atoms with Crippen LogP contribution in [0.5, 0.6) is 0 Å². The Bertz CT molecular complexity index is 581. The van der Waals surface area contributed by atoms with E-state index in [0.717, 1.165) is 31.5 Å². The maximum absolute atomic E-state index is 12.8. The molecule has 7 heteroatoms. The average Bonchev–Trinajstić information content (AvgIpc) is 2.55. The number of hydrogen-bond donors (Lipinski definition) is 1. The molecule has 2 fully saturated rings. The van der Waals surface area contributed by atoms with Gasteiger partial charge in [-0.3, -0.25) is 4.79 Å². The minimum atomic E-state index is -0.656. The summed E-state index contributed by atoms with van der Waals surface area (Å²) in [5.74, 6) is 0.829. The molecule has 23 heavy (non-hydrogen) atoms. The molecule has 0 atom stereocenters. The lowest BCUT2D eigenvalue weighted by Gasteiger charge is -2.41. The Morgan fingerprint density at radius 2 is 1.78 bits per heavy atom. The Hall–Kier alpha value is -1.04. The van der Waals surface area contributed by atoms with E-state index in [1.807, 2.05) is 4.90 Å². The molecule has 126 valence electrons. The molecule has 1 saturated heterocycles. The fourth-order valence-corrected chi connectivity index (χ4v) is 3.97. The van der Waals surface area contributed by atoms with Crippen LogP contribution in [0.4, 0.5) is 5.82 Å². The molecule has 0 aromatic carbocycles. The van der Waals surface area contributed by atoms with Crippen LogP contribution >= 0.6 is 23.2 Å². The van der Waals surface area contributed by atoms with Crippen LogP contribution in [0.1, 0.15) is 32.1 Å². The van der Waals surface area contributed by atoms with Crippen LogP contribution in [0.25, 0.3) is 0 Å². The van der Waals surface area contributed by atoms with E-state index in [1.54, 1.807) is 12.3 Å². The second-order valence-corrected chi connectivity index (χ2v) is 7.30. The number of anilines is 1. The van der Waals surface area contributed by atoms with Crippen LogP contribution in [0, 0.1) is 0 Å². The Morgan fingerprint density at radius 1 is 1.13 bits per heavy atom. The predicted octanol–water partition coefficient (Wildman–Crippen LogP) is 2.70. The highest BCUT2D eigenvalue weighted by atomic mass is 35.5. The van der Waals surface area contributed by atoms with Gasteiger partial charge in [-0.15, -0.1) is 0 Å². The molecule has 3 rings (SSSR count). The SMILES string of the molecule is NC1(C(=O)N2CCN(c3ncc(Cl)cc3Cl)CC2)CCCCC1. The van der Waals surface area contributed by atoms with Gasteiger partial charge in [0.05, 0.1) is 15.6 Å². The van der Waals surface area contributed by atoms with Gasteiger partial charge in [0.2, 0.25) is 5.91 Å². The summed E-state index contributed by atoms with van der Waals surface area (Å²) in [6, 6.07) is 1.69. The highest BCUT2D eigenvalue weighted by Crippen LogP contribution is 2.30. The van der Waals surface area contributed by atoms with Gasteiger partial charge in [0.25, 0.3) is 0 Å². The van der Waals surface area contributed by atoms with Crippen molar-refractivity contribution in [2.24, 2.45) is 5.73 Å². The van der Waals surface area contributed by atoms with Crippen molar-refractivity contribution in [1.29, 1.82) is 0 Å². The zero-order valence-electron chi connectivity index (χ0n) is 13.1. The number of piperazine rings is 1. The third-order valence-corrected chi connectivity index (χ3v) is 5.31. The van der Waals surface area contributed by atoms with E-state index in [9.17, 15) is 4.79 Å². The Kier molecular flexibility index (Phi) is 4.99. The summed E-state index contributed by atoms with van der Waals surface area (Å²) < 4.78 is 0. The first-order chi connectivity index (χ1) is 11.0. The number of nitrogens with two attached hydrogens (primary N) is 1. The summed E-state index contributed by atoms with van der Waals surface area (Å²) >= 11 is 12.1. The molecule has 0 radical (unpaired) electrons. The third-order valence-electron chi connectivity index (χ3n) is 4.83. The van der Waals surface area contributed by atoms with Crippen molar-refractivity contribution >= 4 is 34.9 Å². The zero-order valence-corrected chi connectivity index (χ0v) is 14.6. The van der Waals surface area contributed by atoms with Gasteiger partial charge < -0.3 is 15.5 Å². The quantitative estimate of drug-likeness (QED) is 0.884. The highest BCUT2D eigenvalue weighted by Gasteiger charge is 2.39. The van der Waals surface area contributed by atoms with Crippen LogP contribution < -0.4 is 10.6 Å². The normalized spacial score (nSPS) is 21.3. The van der Waals surface area contributed by atoms with E-state index in [0.29, 0.717) is 36.2 Å². The van der Waals surface area contributed by atoms with E-state index in [2.05, 4.69) is 9.88 Å². The second kappa shape index (κ2) is 6.83. The summed E-state index contributed by atoms with van der Waals surface area (Å²) in [7, 11) is 0. The van der Waals surface area contributed by atoms with Crippen LogP contribution in [0.15, 0.2) is 12.3 Å². The number of pyridine rings is 1. The van der Waals surface area contributed by atoms with Gasteiger partial charge in [-0.1, -0.05) is 42.5 Å². The fraction of sp³-hybridized carbons (Fsp3) is 0.625. The topological polar surface area (TPSA) is 62.5 Å². The van der Waals surface area contributed by atoms with Crippen LogP contribution in [0.3, 0.4) is 0 Å². The van der Waals surface area contributed by atoms with Gasteiger partial charge in [0.15, 0.2) is 0 Å². The summed E-state index contributed by atoms with van der Waals surface area (Å²) in [5.41, 5.74) is 5.71.